The molecule has 2 aromatic carbocycles. The lowest BCUT2D eigenvalue weighted by Crippen LogP contribution is -2.16. The Morgan fingerprint density at radius 3 is 1.88 bits per heavy atom. The third-order valence-electron chi connectivity index (χ3n) is 4.06. The number of carbonyl (C=O) groups excluding carboxylic acids is 1. The fourth-order valence-corrected chi connectivity index (χ4v) is 2.67. The van der Waals surface area contributed by atoms with Gasteiger partial charge in [0.15, 0.2) is 0 Å². The van der Waals surface area contributed by atoms with E-state index in [0.717, 1.165) is 11.3 Å². The van der Waals surface area contributed by atoms with E-state index in [1.807, 2.05) is 24.3 Å². The molecule has 3 N–H and O–H groups in total. The van der Waals surface area contributed by atoms with Crippen LogP contribution >= 0.6 is 12.4 Å². The smallest absolute Gasteiger partial charge is 0.255 e. The highest BCUT2D eigenvalue weighted by molar-refractivity contribution is 6.05. The average Bonchev–Trinajstić information content (AvgIpc) is 2.54. The van der Waals surface area contributed by atoms with Crippen LogP contribution in [0.5, 0.6) is 0 Å². The van der Waals surface area contributed by atoms with E-state index < -0.39 is 0 Å². The number of carbonyl (C=O) groups is 1. The van der Waals surface area contributed by atoms with Crippen LogP contribution in [0.2, 0.25) is 0 Å². The second kappa shape index (κ2) is 8.86. The largest absolute Gasteiger partial charge is 0.326 e. The Morgan fingerprint density at radius 2 is 1.46 bits per heavy atom. The minimum atomic E-state index is -0.0800. The van der Waals surface area contributed by atoms with E-state index in [1.165, 1.54) is 11.1 Å². The van der Waals surface area contributed by atoms with E-state index >= 15 is 0 Å². The molecule has 130 valence electrons. The van der Waals surface area contributed by atoms with Crippen molar-refractivity contribution in [2.24, 2.45) is 5.73 Å². The van der Waals surface area contributed by atoms with Crippen molar-refractivity contribution in [3.8, 4) is 0 Å². The van der Waals surface area contributed by atoms with Crippen LogP contribution < -0.4 is 11.1 Å². The number of hydrogen-bond acceptors (Lipinski definition) is 2. The normalized spacial score (nSPS) is 10.6. The van der Waals surface area contributed by atoms with Gasteiger partial charge in [0.25, 0.3) is 5.91 Å². The van der Waals surface area contributed by atoms with Gasteiger partial charge in [-0.3, -0.25) is 4.79 Å². The summed E-state index contributed by atoms with van der Waals surface area (Å²) in [5, 5.41) is 3.13. The minimum absolute atomic E-state index is 0. The van der Waals surface area contributed by atoms with Crippen LogP contribution in [0.3, 0.4) is 0 Å². The quantitative estimate of drug-likeness (QED) is 0.794. The zero-order valence-corrected chi connectivity index (χ0v) is 15.6. The highest BCUT2D eigenvalue weighted by Crippen LogP contribution is 2.32. The van der Waals surface area contributed by atoms with Crippen LogP contribution in [0.1, 0.15) is 66.6 Å². The molecule has 0 aliphatic carbocycles. The van der Waals surface area contributed by atoms with E-state index in [1.54, 1.807) is 0 Å². The molecular formula is C20H27ClN2O. The Balaban J connectivity index is 0.00000288. The first kappa shape index (κ1) is 20.2. The maximum Gasteiger partial charge on any atom is 0.255 e. The van der Waals surface area contributed by atoms with Crippen molar-refractivity contribution < 1.29 is 4.79 Å². The SMILES string of the molecule is CC(C)c1cccc(C(C)C)c1NC(=O)c1ccc(CN)cc1.Cl. The van der Waals surface area contributed by atoms with Crippen molar-refractivity contribution in [1.82, 2.24) is 0 Å². The molecule has 2 aromatic rings. The Bertz CT molecular complexity index is 652. The predicted octanol–water partition coefficient (Wildman–Crippen LogP) is 5.07. The summed E-state index contributed by atoms with van der Waals surface area (Å²) in [4.78, 5) is 12.6. The Morgan fingerprint density at radius 1 is 0.958 bits per heavy atom. The molecule has 0 atom stereocenters. The molecule has 0 aliphatic rings. The summed E-state index contributed by atoms with van der Waals surface area (Å²) >= 11 is 0. The summed E-state index contributed by atoms with van der Waals surface area (Å²) in [5.41, 5.74) is 10.6. The van der Waals surface area contributed by atoms with Crippen LogP contribution in [0.15, 0.2) is 42.5 Å². The molecule has 4 heteroatoms. The van der Waals surface area contributed by atoms with Crippen molar-refractivity contribution in [1.29, 1.82) is 0 Å². The molecule has 0 aliphatic heterocycles. The number of halogens is 1. The maximum absolute atomic E-state index is 12.6. The van der Waals surface area contributed by atoms with Gasteiger partial charge in [0.05, 0.1) is 0 Å². The first-order chi connectivity index (χ1) is 10.9. The van der Waals surface area contributed by atoms with Crippen LogP contribution in [-0.2, 0) is 6.54 Å². The van der Waals surface area contributed by atoms with Crippen molar-refractivity contribution >= 4 is 24.0 Å². The number of nitrogens with one attached hydrogen (secondary N) is 1. The number of hydrogen-bond donors (Lipinski definition) is 2. The van der Waals surface area contributed by atoms with Crippen LogP contribution in [-0.4, -0.2) is 5.91 Å². The van der Waals surface area contributed by atoms with Crippen LogP contribution in [0.4, 0.5) is 5.69 Å². The molecule has 0 unspecified atom stereocenters. The molecule has 1 amide bonds. The van der Waals surface area contributed by atoms with Gasteiger partial charge < -0.3 is 11.1 Å². The summed E-state index contributed by atoms with van der Waals surface area (Å²) in [5.74, 6) is 0.621. The molecule has 0 saturated carbocycles. The van der Waals surface area contributed by atoms with E-state index in [4.69, 9.17) is 5.73 Å². The zero-order chi connectivity index (χ0) is 17.0. The van der Waals surface area contributed by atoms with Gasteiger partial charge in [-0.25, -0.2) is 0 Å². The minimum Gasteiger partial charge on any atom is -0.326 e. The van der Waals surface area contributed by atoms with Crippen LogP contribution in [0.25, 0.3) is 0 Å². The van der Waals surface area contributed by atoms with Gasteiger partial charge in [-0.05, 0) is 40.7 Å². The summed E-state index contributed by atoms with van der Waals surface area (Å²) in [6.45, 7) is 9.06. The third-order valence-corrected chi connectivity index (χ3v) is 4.06. The van der Waals surface area contributed by atoms with E-state index in [-0.39, 0.29) is 18.3 Å². The number of benzene rings is 2. The lowest BCUT2D eigenvalue weighted by atomic mass is 9.92. The Hall–Kier alpha value is -1.84. The Kier molecular flexibility index (Phi) is 7.46. The van der Waals surface area contributed by atoms with Gasteiger partial charge in [0.2, 0.25) is 0 Å². The molecular weight excluding hydrogens is 320 g/mol. The topological polar surface area (TPSA) is 55.1 Å². The predicted molar refractivity (Wildman–Crippen MR) is 104 cm³/mol. The number of nitrogens with two attached hydrogens (primary N) is 1. The second-order valence-corrected chi connectivity index (χ2v) is 6.48. The van der Waals surface area contributed by atoms with Gasteiger partial charge in [-0.1, -0.05) is 58.0 Å². The van der Waals surface area contributed by atoms with Crippen molar-refractivity contribution in [2.45, 2.75) is 46.1 Å². The van der Waals surface area contributed by atoms with Gasteiger partial charge in [0.1, 0.15) is 0 Å². The Labute approximate surface area is 151 Å². The van der Waals surface area contributed by atoms with Crippen molar-refractivity contribution in [3.63, 3.8) is 0 Å². The molecule has 0 bridgehead atoms. The molecule has 0 fully saturated rings. The lowest BCUT2D eigenvalue weighted by molar-refractivity contribution is 0.102. The molecule has 2 rings (SSSR count). The standard InChI is InChI=1S/C20H26N2O.ClH/c1-13(2)17-6-5-7-18(14(3)4)19(17)22-20(23)16-10-8-15(12-21)9-11-16;/h5-11,13-14H,12,21H2,1-4H3,(H,22,23);1H. The van der Waals surface area contributed by atoms with E-state index in [9.17, 15) is 4.79 Å². The van der Waals surface area contributed by atoms with E-state index in [2.05, 4.69) is 51.2 Å². The summed E-state index contributed by atoms with van der Waals surface area (Å²) in [6.07, 6.45) is 0. The molecule has 0 aromatic heterocycles. The number of anilines is 1. The number of para-hydroxylation sites is 1. The fourth-order valence-electron chi connectivity index (χ4n) is 2.67. The van der Waals surface area contributed by atoms with Crippen molar-refractivity contribution in [2.75, 3.05) is 5.32 Å². The first-order valence-corrected chi connectivity index (χ1v) is 8.17. The molecule has 0 radical (unpaired) electrons. The van der Waals surface area contributed by atoms with Crippen molar-refractivity contribution in [3.05, 3.63) is 64.7 Å². The van der Waals surface area contributed by atoms with Gasteiger partial charge in [-0.15, -0.1) is 12.4 Å². The van der Waals surface area contributed by atoms with Gasteiger partial charge in [0, 0.05) is 17.8 Å². The molecule has 24 heavy (non-hydrogen) atoms. The second-order valence-electron chi connectivity index (χ2n) is 6.48. The van der Waals surface area contributed by atoms with Crippen LogP contribution in [0, 0.1) is 0 Å². The van der Waals surface area contributed by atoms with E-state index in [0.29, 0.717) is 23.9 Å². The monoisotopic (exact) mass is 346 g/mol. The average molecular weight is 347 g/mol. The van der Waals surface area contributed by atoms with Gasteiger partial charge in [-0.2, -0.15) is 0 Å². The van der Waals surface area contributed by atoms with Gasteiger partial charge >= 0.3 is 0 Å². The maximum atomic E-state index is 12.6. The molecule has 0 saturated heterocycles. The highest BCUT2D eigenvalue weighted by Gasteiger charge is 2.16. The third kappa shape index (κ3) is 4.59. The highest BCUT2D eigenvalue weighted by atomic mass is 35.5. The molecule has 0 heterocycles. The lowest BCUT2D eigenvalue weighted by Gasteiger charge is -2.20. The molecule has 3 nitrogen and oxygen atoms in total. The fraction of sp³-hybridized carbons (Fsp3) is 0.350. The summed E-state index contributed by atoms with van der Waals surface area (Å²) < 4.78 is 0. The number of amides is 1. The number of rotatable bonds is 5. The first-order valence-electron chi connectivity index (χ1n) is 8.17. The summed E-state index contributed by atoms with van der Waals surface area (Å²) in [6, 6.07) is 13.7. The summed E-state index contributed by atoms with van der Waals surface area (Å²) in [7, 11) is 0. The zero-order valence-electron chi connectivity index (χ0n) is 14.8. The molecule has 0 spiro atoms.